The monoisotopic (exact) mass is 297 g/mol. The quantitative estimate of drug-likeness (QED) is 0.569. The van der Waals surface area contributed by atoms with E-state index in [1.807, 2.05) is 25.1 Å². The molecule has 3 aromatic rings. The number of imidazole rings is 1. The van der Waals surface area contributed by atoms with Gasteiger partial charge in [-0.3, -0.25) is 10.1 Å². The lowest BCUT2D eigenvalue weighted by atomic mass is 10.2. The van der Waals surface area contributed by atoms with Crippen molar-refractivity contribution < 1.29 is 4.92 Å². The Hall–Kier alpha value is -2.96. The largest absolute Gasteiger partial charge is 0.363 e. The van der Waals surface area contributed by atoms with Crippen LogP contribution in [0.4, 0.5) is 11.5 Å². The van der Waals surface area contributed by atoms with E-state index >= 15 is 0 Å². The second kappa shape index (κ2) is 5.44. The van der Waals surface area contributed by atoms with E-state index in [1.54, 1.807) is 6.92 Å². The number of fused-ring (bicyclic) bond motifs is 1. The predicted octanol–water partition coefficient (Wildman–Crippen LogP) is 3.10. The van der Waals surface area contributed by atoms with E-state index in [-0.39, 0.29) is 5.69 Å². The van der Waals surface area contributed by atoms with Crippen molar-refractivity contribution in [3.63, 3.8) is 0 Å². The Bertz CT molecular complexity index is 856. The minimum atomic E-state index is -0.453. The minimum absolute atomic E-state index is 0.0117. The molecule has 1 aromatic carbocycles. The van der Waals surface area contributed by atoms with Gasteiger partial charge in [0.2, 0.25) is 0 Å². The van der Waals surface area contributed by atoms with E-state index < -0.39 is 4.92 Å². The zero-order valence-corrected chi connectivity index (χ0v) is 12.3. The van der Waals surface area contributed by atoms with Crippen LogP contribution in [0.15, 0.2) is 30.5 Å². The number of H-pyrrole nitrogens is 1. The average molecular weight is 297 g/mol. The molecule has 0 aliphatic heterocycles. The number of nitrogens with zero attached hydrogens (tertiary/aromatic N) is 3. The highest BCUT2D eigenvalue weighted by atomic mass is 16.6. The van der Waals surface area contributed by atoms with Crippen LogP contribution in [-0.2, 0) is 6.54 Å². The zero-order chi connectivity index (χ0) is 15.7. The molecule has 0 aliphatic rings. The lowest BCUT2D eigenvalue weighted by Crippen LogP contribution is -2.05. The number of hydrogen-bond donors (Lipinski definition) is 2. The topological polar surface area (TPSA) is 96.7 Å². The number of aromatic amines is 1. The van der Waals surface area contributed by atoms with Gasteiger partial charge in [-0.05, 0) is 31.0 Å². The highest BCUT2D eigenvalue weighted by Gasteiger charge is 2.10. The molecule has 0 bridgehead atoms. The molecule has 0 fully saturated rings. The maximum Gasteiger partial charge on any atom is 0.287 e. The number of nitrogens with one attached hydrogen (secondary N) is 2. The number of aromatic nitrogens is 3. The van der Waals surface area contributed by atoms with Crippen LogP contribution in [0.5, 0.6) is 0 Å². The number of hydrogen-bond acceptors (Lipinski definition) is 5. The maximum atomic E-state index is 10.7. The lowest BCUT2D eigenvalue weighted by molar-refractivity contribution is -0.385. The molecular weight excluding hydrogens is 282 g/mol. The number of pyridine rings is 1. The first-order chi connectivity index (χ1) is 10.5. The van der Waals surface area contributed by atoms with E-state index in [4.69, 9.17) is 0 Å². The summed E-state index contributed by atoms with van der Waals surface area (Å²) in [5, 5.41) is 13.9. The summed E-state index contributed by atoms with van der Waals surface area (Å²) in [6.45, 7) is 4.27. The average Bonchev–Trinajstić information content (AvgIpc) is 2.90. The highest BCUT2D eigenvalue weighted by Crippen LogP contribution is 2.19. The first-order valence-corrected chi connectivity index (χ1v) is 6.83. The van der Waals surface area contributed by atoms with Crippen molar-refractivity contribution in [1.82, 2.24) is 15.0 Å². The first-order valence-electron chi connectivity index (χ1n) is 6.83. The van der Waals surface area contributed by atoms with Crippen molar-refractivity contribution in [1.29, 1.82) is 0 Å². The fourth-order valence-electron chi connectivity index (χ4n) is 2.32. The van der Waals surface area contributed by atoms with Gasteiger partial charge in [0.25, 0.3) is 5.69 Å². The first kappa shape index (κ1) is 14.0. The van der Waals surface area contributed by atoms with Crippen LogP contribution < -0.4 is 5.32 Å². The molecule has 0 saturated heterocycles. The van der Waals surface area contributed by atoms with Gasteiger partial charge < -0.3 is 10.3 Å². The van der Waals surface area contributed by atoms with Gasteiger partial charge in [0, 0.05) is 6.07 Å². The van der Waals surface area contributed by atoms with E-state index in [0.717, 1.165) is 28.0 Å². The Morgan fingerprint density at radius 3 is 2.82 bits per heavy atom. The van der Waals surface area contributed by atoms with Crippen molar-refractivity contribution >= 4 is 22.5 Å². The van der Waals surface area contributed by atoms with Crippen molar-refractivity contribution in [2.45, 2.75) is 20.4 Å². The number of nitro groups is 1. The van der Waals surface area contributed by atoms with Gasteiger partial charge in [0.15, 0.2) is 0 Å². The number of anilines is 1. The molecule has 3 rings (SSSR count). The summed E-state index contributed by atoms with van der Waals surface area (Å²) >= 11 is 0. The van der Waals surface area contributed by atoms with Gasteiger partial charge in [-0.1, -0.05) is 12.1 Å². The summed E-state index contributed by atoms with van der Waals surface area (Å²) in [4.78, 5) is 22.1. The second-order valence-electron chi connectivity index (χ2n) is 5.12. The molecule has 0 radical (unpaired) electrons. The third kappa shape index (κ3) is 2.60. The van der Waals surface area contributed by atoms with Crippen LogP contribution in [0.1, 0.15) is 17.0 Å². The third-order valence-corrected chi connectivity index (χ3v) is 3.46. The summed E-state index contributed by atoms with van der Waals surface area (Å²) in [5.74, 6) is 1.41. The zero-order valence-electron chi connectivity index (χ0n) is 12.3. The molecule has 2 N–H and O–H groups in total. The van der Waals surface area contributed by atoms with Crippen molar-refractivity contribution in [3.8, 4) is 0 Å². The van der Waals surface area contributed by atoms with Gasteiger partial charge in [-0.15, -0.1) is 0 Å². The Morgan fingerprint density at radius 2 is 2.14 bits per heavy atom. The highest BCUT2D eigenvalue weighted by molar-refractivity contribution is 5.78. The number of aryl methyl sites for hydroxylation is 2. The lowest BCUT2D eigenvalue weighted by Gasteiger charge is -2.06. The summed E-state index contributed by atoms with van der Waals surface area (Å²) in [5.41, 5.74) is 3.77. The van der Waals surface area contributed by atoms with Gasteiger partial charge in [-0.25, -0.2) is 9.97 Å². The van der Waals surface area contributed by atoms with E-state index in [9.17, 15) is 10.1 Å². The summed E-state index contributed by atoms with van der Waals surface area (Å²) in [6, 6.07) is 7.48. The molecule has 0 saturated carbocycles. The normalized spacial score (nSPS) is 10.8. The fourth-order valence-corrected chi connectivity index (χ4v) is 2.32. The van der Waals surface area contributed by atoms with Crippen molar-refractivity contribution in [2.24, 2.45) is 0 Å². The van der Waals surface area contributed by atoms with Crippen LogP contribution in [0.25, 0.3) is 11.0 Å². The van der Waals surface area contributed by atoms with Gasteiger partial charge >= 0.3 is 0 Å². The summed E-state index contributed by atoms with van der Waals surface area (Å²) < 4.78 is 0. The minimum Gasteiger partial charge on any atom is -0.363 e. The number of benzene rings is 1. The van der Waals surface area contributed by atoms with Crippen molar-refractivity contribution in [3.05, 3.63) is 57.5 Å². The third-order valence-electron chi connectivity index (χ3n) is 3.46. The number of rotatable bonds is 4. The molecule has 7 heteroatoms. The summed E-state index contributed by atoms with van der Waals surface area (Å²) in [6.07, 6.45) is 1.25. The SMILES string of the molecule is Cc1cc([N+](=O)[O-])cnc1NCc1nc2c(C)cccc2[nH]1. The van der Waals surface area contributed by atoms with Crippen LogP contribution in [-0.4, -0.2) is 19.9 Å². The molecule has 0 aliphatic carbocycles. The van der Waals surface area contributed by atoms with Crippen LogP contribution >= 0.6 is 0 Å². The Morgan fingerprint density at radius 1 is 1.32 bits per heavy atom. The van der Waals surface area contributed by atoms with Gasteiger partial charge in [-0.2, -0.15) is 0 Å². The standard InChI is InChI=1S/C15H15N5O2/c1-9-4-3-5-12-14(9)19-13(18-12)8-17-15-10(2)6-11(7-16-15)20(21)22/h3-7H,8H2,1-2H3,(H,16,17)(H,18,19). The molecule has 112 valence electrons. The van der Waals surface area contributed by atoms with Crippen LogP contribution in [0, 0.1) is 24.0 Å². The van der Waals surface area contributed by atoms with E-state index in [0.29, 0.717) is 12.4 Å². The molecule has 0 atom stereocenters. The number of para-hydroxylation sites is 1. The smallest absolute Gasteiger partial charge is 0.287 e. The predicted molar refractivity (Wildman–Crippen MR) is 83.8 cm³/mol. The van der Waals surface area contributed by atoms with Gasteiger partial charge in [0.1, 0.15) is 17.8 Å². The molecule has 7 nitrogen and oxygen atoms in total. The molecule has 2 aromatic heterocycles. The Kier molecular flexibility index (Phi) is 3.46. The molecular formula is C15H15N5O2. The maximum absolute atomic E-state index is 10.7. The van der Waals surface area contributed by atoms with E-state index in [2.05, 4.69) is 20.3 Å². The van der Waals surface area contributed by atoms with Crippen LogP contribution in [0.3, 0.4) is 0 Å². The fraction of sp³-hybridized carbons (Fsp3) is 0.200. The van der Waals surface area contributed by atoms with E-state index in [1.165, 1.54) is 12.3 Å². The molecule has 2 heterocycles. The molecule has 22 heavy (non-hydrogen) atoms. The van der Waals surface area contributed by atoms with Crippen LogP contribution in [0.2, 0.25) is 0 Å². The van der Waals surface area contributed by atoms with Gasteiger partial charge in [0.05, 0.1) is 22.5 Å². The second-order valence-corrected chi connectivity index (χ2v) is 5.12. The molecule has 0 unspecified atom stereocenters. The molecule has 0 spiro atoms. The molecule has 0 amide bonds. The Labute approximate surface area is 126 Å². The van der Waals surface area contributed by atoms with Crippen molar-refractivity contribution in [2.75, 3.05) is 5.32 Å². The summed E-state index contributed by atoms with van der Waals surface area (Å²) in [7, 11) is 0. The Balaban J connectivity index is 1.79.